The molecule has 146 valence electrons. The van der Waals surface area contributed by atoms with Crippen molar-refractivity contribution < 1.29 is 9.59 Å². The summed E-state index contributed by atoms with van der Waals surface area (Å²) < 4.78 is 0. The van der Waals surface area contributed by atoms with Gasteiger partial charge in [-0.15, -0.1) is 0 Å². The van der Waals surface area contributed by atoms with E-state index in [0.29, 0.717) is 19.6 Å². The number of rotatable bonds is 3. The second-order valence-electron chi connectivity index (χ2n) is 7.40. The van der Waals surface area contributed by atoms with Crippen molar-refractivity contribution in [3.05, 3.63) is 65.7 Å². The number of benzene rings is 2. The van der Waals surface area contributed by atoms with Crippen LogP contribution in [-0.4, -0.2) is 42.5 Å². The third kappa shape index (κ3) is 4.17. The van der Waals surface area contributed by atoms with Crippen molar-refractivity contribution in [2.45, 2.75) is 31.3 Å². The van der Waals surface area contributed by atoms with Gasteiger partial charge in [-0.05, 0) is 42.5 Å². The Morgan fingerprint density at radius 1 is 1.04 bits per heavy atom. The Bertz CT molecular complexity index is 839. The number of piperazine rings is 1. The second-order valence-corrected chi connectivity index (χ2v) is 7.40. The molecule has 0 radical (unpaired) electrons. The van der Waals surface area contributed by atoms with E-state index in [-0.39, 0.29) is 18.0 Å². The molecule has 1 saturated heterocycles. The van der Waals surface area contributed by atoms with Gasteiger partial charge in [-0.3, -0.25) is 4.79 Å². The van der Waals surface area contributed by atoms with Gasteiger partial charge in [-0.1, -0.05) is 42.5 Å². The van der Waals surface area contributed by atoms with Gasteiger partial charge in [0.2, 0.25) is 5.91 Å². The number of carbonyl (C=O) groups is 2. The van der Waals surface area contributed by atoms with Gasteiger partial charge >= 0.3 is 6.03 Å². The molecule has 6 nitrogen and oxygen atoms in total. The lowest BCUT2D eigenvalue weighted by molar-refractivity contribution is -0.124. The molecule has 2 aromatic carbocycles. The van der Waals surface area contributed by atoms with Crippen molar-refractivity contribution >= 4 is 17.6 Å². The Morgan fingerprint density at radius 3 is 2.68 bits per heavy atom. The van der Waals surface area contributed by atoms with Crippen LogP contribution in [0.4, 0.5) is 10.5 Å². The standard InChI is InChI=1S/C22H26N4O2/c27-21(25-19-12-6-8-16-7-4-5-11-18(16)19)20-15-26(14-13-23-20)22(28)24-17-9-2-1-3-10-17/h1-5,7,9-11,19-20,23H,6,8,12-15H2,(H,24,28)(H,25,27). The molecule has 1 aliphatic heterocycles. The summed E-state index contributed by atoms with van der Waals surface area (Å²) in [5, 5.41) is 9.33. The van der Waals surface area contributed by atoms with Gasteiger partial charge in [0.25, 0.3) is 0 Å². The first-order valence-corrected chi connectivity index (χ1v) is 9.93. The summed E-state index contributed by atoms with van der Waals surface area (Å²) in [6, 6.07) is 17.2. The summed E-state index contributed by atoms with van der Waals surface area (Å²) in [5.41, 5.74) is 3.29. The minimum atomic E-state index is -0.399. The molecule has 28 heavy (non-hydrogen) atoms. The minimum Gasteiger partial charge on any atom is -0.348 e. The number of hydrogen-bond donors (Lipinski definition) is 3. The van der Waals surface area contributed by atoms with Crippen LogP contribution in [0.1, 0.15) is 30.0 Å². The zero-order valence-electron chi connectivity index (χ0n) is 15.9. The number of fused-ring (bicyclic) bond motifs is 1. The maximum atomic E-state index is 12.9. The molecule has 2 aliphatic rings. The van der Waals surface area contributed by atoms with Gasteiger partial charge in [0.05, 0.1) is 6.04 Å². The molecule has 2 unspecified atom stereocenters. The molecule has 0 bridgehead atoms. The largest absolute Gasteiger partial charge is 0.348 e. The molecule has 0 saturated carbocycles. The van der Waals surface area contributed by atoms with E-state index in [1.54, 1.807) is 4.90 Å². The molecule has 2 atom stereocenters. The average molecular weight is 378 g/mol. The lowest BCUT2D eigenvalue weighted by Gasteiger charge is -2.34. The summed E-state index contributed by atoms with van der Waals surface area (Å²) >= 11 is 0. The topological polar surface area (TPSA) is 73.5 Å². The van der Waals surface area contributed by atoms with Gasteiger partial charge in [0, 0.05) is 25.3 Å². The maximum absolute atomic E-state index is 12.9. The lowest BCUT2D eigenvalue weighted by atomic mass is 9.87. The monoisotopic (exact) mass is 378 g/mol. The first kappa shape index (κ1) is 18.5. The molecule has 0 spiro atoms. The summed E-state index contributed by atoms with van der Waals surface area (Å²) in [4.78, 5) is 27.1. The number of hydrogen-bond acceptors (Lipinski definition) is 3. The van der Waals surface area contributed by atoms with Gasteiger partial charge in [0.1, 0.15) is 6.04 Å². The molecule has 1 aliphatic carbocycles. The second kappa shape index (κ2) is 8.44. The first-order valence-electron chi connectivity index (χ1n) is 9.93. The summed E-state index contributed by atoms with van der Waals surface area (Å²) in [6.45, 7) is 1.54. The van der Waals surface area contributed by atoms with E-state index in [9.17, 15) is 9.59 Å². The Morgan fingerprint density at radius 2 is 1.82 bits per heavy atom. The fourth-order valence-electron chi connectivity index (χ4n) is 4.01. The summed E-state index contributed by atoms with van der Waals surface area (Å²) in [6.07, 6.45) is 3.09. The zero-order valence-corrected chi connectivity index (χ0v) is 15.9. The van der Waals surface area contributed by atoms with Crippen LogP contribution in [0.3, 0.4) is 0 Å². The molecule has 3 amide bonds. The molecular formula is C22H26N4O2. The quantitative estimate of drug-likeness (QED) is 0.769. The molecule has 1 fully saturated rings. The van der Waals surface area contributed by atoms with E-state index >= 15 is 0 Å². The maximum Gasteiger partial charge on any atom is 0.321 e. The predicted octanol–water partition coefficient (Wildman–Crippen LogP) is 2.69. The predicted molar refractivity (Wildman–Crippen MR) is 109 cm³/mol. The molecule has 6 heteroatoms. The summed E-state index contributed by atoms with van der Waals surface area (Å²) in [5.74, 6) is -0.0427. The van der Waals surface area contributed by atoms with E-state index in [4.69, 9.17) is 0 Å². The number of aryl methyl sites for hydroxylation is 1. The highest BCUT2D eigenvalue weighted by Crippen LogP contribution is 2.29. The first-order chi connectivity index (χ1) is 13.7. The van der Waals surface area contributed by atoms with Crippen LogP contribution in [0.2, 0.25) is 0 Å². The number of para-hydroxylation sites is 1. The Hall–Kier alpha value is -2.86. The molecule has 2 aromatic rings. The van der Waals surface area contributed by atoms with Crippen LogP contribution < -0.4 is 16.0 Å². The van der Waals surface area contributed by atoms with E-state index in [0.717, 1.165) is 24.9 Å². The van der Waals surface area contributed by atoms with Crippen LogP contribution >= 0.6 is 0 Å². The zero-order chi connectivity index (χ0) is 19.3. The van der Waals surface area contributed by atoms with E-state index in [1.807, 2.05) is 36.4 Å². The fraction of sp³-hybridized carbons (Fsp3) is 0.364. The highest BCUT2D eigenvalue weighted by Gasteiger charge is 2.30. The number of carbonyl (C=O) groups excluding carboxylic acids is 2. The Labute approximate surface area is 165 Å². The van der Waals surface area contributed by atoms with Crippen LogP contribution in [0.25, 0.3) is 0 Å². The number of anilines is 1. The third-order valence-corrected chi connectivity index (χ3v) is 5.49. The highest BCUT2D eigenvalue weighted by atomic mass is 16.2. The van der Waals surface area contributed by atoms with Crippen molar-refractivity contribution in [3.8, 4) is 0 Å². The molecule has 0 aromatic heterocycles. The van der Waals surface area contributed by atoms with E-state index < -0.39 is 6.04 Å². The number of urea groups is 1. The molecule has 1 heterocycles. The van der Waals surface area contributed by atoms with E-state index in [2.05, 4.69) is 34.1 Å². The third-order valence-electron chi connectivity index (χ3n) is 5.49. The lowest BCUT2D eigenvalue weighted by Crippen LogP contribution is -2.59. The van der Waals surface area contributed by atoms with Gasteiger partial charge < -0.3 is 20.9 Å². The molecule has 4 rings (SSSR count). The number of amides is 3. The van der Waals surface area contributed by atoms with Crippen molar-refractivity contribution in [2.24, 2.45) is 0 Å². The Kier molecular flexibility index (Phi) is 5.58. The molecular weight excluding hydrogens is 352 g/mol. The van der Waals surface area contributed by atoms with Crippen LogP contribution in [0.15, 0.2) is 54.6 Å². The molecule has 3 N–H and O–H groups in total. The van der Waals surface area contributed by atoms with Crippen LogP contribution in [0.5, 0.6) is 0 Å². The van der Waals surface area contributed by atoms with Gasteiger partial charge in [-0.2, -0.15) is 0 Å². The van der Waals surface area contributed by atoms with Crippen molar-refractivity contribution in [3.63, 3.8) is 0 Å². The number of nitrogens with one attached hydrogen (secondary N) is 3. The van der Waals surface area contributed by atoms with Crippen molar-refractivity contribution in [2.75, 3.05) is 25.0 Å². The van der Waals surface area contributed by atoms with Gasteiger partial charge in [0.15, 0.2) is 0 Å². The normalized spacial score (nSPS) is 21.5. The van der Waals surface area contributed by atoms with Crippen LogP contribution in [-0.2, 0) is 11.2 Å². The van der Waals surface area contributed by atoms with E-state index in [1.165, 1.54) is 11.1 Å². The Balaban J connectivity index is 1.37. The minimum absolute atomic E-state index is 0.0427. The SMILES string of the molecule is O=C(NC1CCCc2ccccc21)C1CN(C(=O)Nc2ccccc2)CCN1. The van der Waals surface area contributed by atoms with Crippen LogP contribution in [0, 0.1) is 0 Å². The summed E-state index contributed by atoms with van der Waals surface area (Å²) in [7, 11) is 0. The van der Waals surface area contributed by atoms with Gasteiger partial charge in [-0.25, -0.2) is 4.79 Å². The fourth-order valence-corrected chi connectivity index (χ4v) is 4.01. The smallest absolute Gasteiger partial charge is 0.321 e. The average Bonchev–Trinajstić information content (AvgIpc) is 2.75. The van der Waals surface area contributed by atoms with Crippen molar-refractivity contribution in [1.82, 2.24) is 15.5 Å². The van der Waals surface area contributed by atoms with Crippen molar-refractivity contribution in [1.29, 1.82) is 0 Å². The highest BCUT2D eigenvalue weighted by molar-refractivity contribution is 5.90. The number of nitrogens with zero attached hydrogens (tertiary/aromatic N) is 1.